The molecule has 0 saturated heterocycles. The van der Waals surface area contributed by atoms with Crippen molar-refractivity contribution in [3.8, 4) is 55.9 Å². The molecule has 1 aliphatic carbocycles. The second-order valence-corrected chi connectivity index (χ2v) is 17.6. The van der Waals surface area contributed by atoms with Crippen molar-refractivity contribution in [3.05, 3.63) is 193 Å². The molecule has 0 fully saturated rings. The zero-order chi connectivity index (χ0) is 39.4. The van der Waals surface area contributed by atoms with Crippen LogP contribution in [0.25, 0.3) is 109 Å². The summed E-state index contributed by atoms with van der Waals surface area (Å²) in [5.74, 6) is 0. The Bertz CT molecular complexity index is 3540. The van der Waals surface area contributed by atoms with Crippen LogP contribution in [0.2, 0.25) is 0 Å². The molecule has 2 heterocycles. The number of benzene rings is 9. The fourth-order valence-corrected chi connectivity index (χ4v) is 11.1. The van der Waals surface area contributed by atoms with Gasteiger partial charge in [-0.05, 0) is 74.3 Å². The molecule has 0 amide bonds. The van der Waals surface area contributed by atoms with E-state index in [0.717, 1.165) is 44.3 Å². The lowest BCUT2D eigenvalue weighted by atomic mass is 9.81. The van der Waals surface area contributed by atoms with E-state index in [1.807, 2.05) is 11.3 Å². The first kappa shape index (κ1) is 34.1. The van der Waals surface area contributed by atoms with Crippen molar-refractivity contribution in [2.75, 3.05) is 0 Å². The van der Waals surface area contributed by atoms with Crippen molar-refractivity contribution in [1.82, 2.24) is 9.97 Å². The Morgan fingerprint density at radius 3 is 1.51 bits per heavy atom. The number of hydrogen-bond acceptors (Lipinski definition) is 3. The van der Waals surface area contributed by atoms with Crippen molar-refractivity contribution in [1.29, 1.82) is 0 Å². The summed E-state index contributed by atoms with van der Waals surface area (Å²) in [6.07, 6.45) is 0. The van der Waals surface area contributed by atoms with Gasteiger partial charge in [-0.1, -0.05) is 183 Å². The first-order valence-corrected chi connectivity index (χ1v) is 21.2. The zero-order valence-corrected chi connectivity index (χ0v) is 33.9. The molecule has 2 nitrogen and oxygen atoms in total. The minimum Gasteiger partial charge on any atom is -0.243 e. The molecule has 12 rings (SSSR count). The van der Waals surface area contributed by atoms with Crippen LogP contribution in [-0.2, 0) is 5.41 Å². The van der Waals surface area contributed by atoms with Crippen LogP contribution in [0.5, 0.6) is 0 Å². The van der Waals surface area contributed by atoms with Gasteiger partial charge in [-0.3, -0.25) is 0 Å². The van der Waals surface area contributed by atoms with E-state index in [4.69, 9.17) is 9.97 Å². The van der Waals surface area contributed by atoms with Crippen LogP contribution in [0, 0.1) is 6.92 Å². The van der Waals surface area contributed by atoms with Gasteiger partial charge in [-0.2, -0.15) is 0 Å². The van der Waals surface area contributed by atoms with Crippen LogP contribution in [0.3, 0.4) is 0 Å². The predicted octanol–water partition coefficient (Wildman–Crippen LogP) is 15.6. The highest BCUT2D eigenvalue weighted by Gasteiger charge is 2.35. The first-order chi connectivity index (χ1) is 28.9. The molecule has 0 bridgehead atoms. The summed E-state index contributed by atoms with van der Waals surface area (Å²) >= 11 is 1.90. The van der Waals surface area contributed by atoms with E-state index < -0.39 is 0 Å². The molecule has 3 heteroatoms. The molecule has 9 aromatic carbocycles. The zero-order valence-electron chi connectivity index (χ0n) is 33.0. The maximum Gasteiger partial charge on any atom is 0.0979 e. The number of thiophene rings is 1. The van der Waals surface area contributed by atoms with E-state index in [0.29, 0.717) is 0 Å². The van der Waals surface area contributed by atoms with Crippen LogP contribution in [0.4, 0.5) is 0 Å². The van der Waals surface area contributed by atoms with Gasteiger partial charge in [0.15, 0.2) is 0 Å². The standard InChI is InChI=1S/C56H38N2S/c1-33-25-27-34(28-26-33)50-51(58-53-45-19-7-5-16-41(45)40-15-4-6-18-44(40)52(53)57-50)37-14-10-13-35(31-37)38-20-11-22-46-47-23-12-21-39(55(47)59-54(38)46)36-29-30-43-42-17-8-9-24-48(42)56(2,3)49(43)32-36/h4-32H,1-3H3. The summed E-state index contributed by atoms with van der Waals surface area (Å²) in [5.41, 5.74) is 17.3. The molecular weight excluding hydrogens is 733 g/mol. The normalized spacial score (nSPS) is 13.1. The Balaban J connectivity index is 1.04. The van der Waals surface area contributed by atoms with Crippen molar-refractivity contribution in [2.45, 2.75) is 26.2 Å². The Labute approximate surface area is 347 Å². The average molecular weight is 771 g/mol. The Morgan fingerprint density at radius 2 is 0.847 bits per heavy atom. The molecule has 0 saturated carbocycles. The number of nitrogens with zero attached hydrogens (tertiary/aromatic N) is 2. The molecule has 0 aliphatic heterocycles. The fourth-order valence-electron chi connectivity index (χ4n) is 9.75. The van der Waals surface area contributed by atoms with Crippen molar-refractivity contribution >= 4 is 64.1 Å². The summed E-state index contributed by atoms with van der Waals surface area (Å²) in [7, 11) is 0. The van der Waals surface area contributed by atoms with E-state index >= 15 is 0 Å². The Kier molecular flexibility index (Phi) is 7.39. The van der Waals surface area contributed by atoms with Gasteiger partial charge < -0.3 is 0 Å². The number of rotatable bonds is 4. The molecule has 11 aromatic rings. The molecule has 0 unspecified atom stereocenters. The number of aromatic nitrogens is 2. The van der Waals surface area contributed by atoms with E-state index in [-0.39, 0.29) is 5.41 Å². The molecule has 0 spiro atoms. The van der Waals surface area contributed by atoms with Gasteiger partial charge in [0, 0.05) is 47.5 Å². The molecule has 0 atom stereocenters. The smallest absolute Gasteiger partial charge is 0.0979 e. The summed E-state index contributed by atoms with van der Waals surface area (Å²) in [6.45, 7) is 6.85. The maximum atomic E-state index is 5.59. The van der Waals surface area contributed by atoms with Crippen LogP contribution >= 0.6 is 11.3 Å². The molecule has 2 aromatic heterocycles. The lowest BCUT2D eigenvalue weighted by Crippen LogP contribution is -2.14. The number of fused-ring (bicyclic) bond motifs is 12. The quantitative estimate of drug-likeness (QED) is 0.167. The number of aryl methyl sites for hydroxylation is 1. The third-order valence-corrected chi connectivity index (χ3v) is 14.0. The van der Waals surface area contributed by atoms with Crippen LogP contribution in [0.1, 0.15) is 30.5 Å². The van der Waals surface area contributed by atoms with Gasteiger partial charge >= 0.3 is 0 Å². The highest BCUT2D eigenvalue weighted by Crippen LogP contribution is 2.51. The van der Waals surface area contributed by atoms with Gasteiger partial charge in [-0.25, -0.2) is 9.97 Å². The molecule has 1 aliphatic rings. The molecular formula is C56H38N2S. The lowest BCUT2D eigenvalue weighted by molar-refractivity contribution is 0.660. The van der Waals surface area contributed by atoms with Crippen molar-refractivity contribution in [3.63, 3.8) is 0 Å². The summed E-state index contributed by atoms with van der Waals surface area (Å²) < 4.78 is 2.61. The minimum atomic E-state index is -0.0518. The van der Waals surface area contributed by atoms with Gasteiger partial charge in [0.25, 0.3) is 0 Å². The van der Waals surface area contributed by atoms with Crippen LogP contribution < -0.4 is 0 Å². The molecule has 0 N–H and O–H groups in total. The molecule has 278 valence electrons. The van der Waals surface area contributed by atoms with Gasteiger partial charge in [0.2, 0.25) is 0 Å². The maximum absolute atomic E-state index is 5.59. The highest BCUT2D eigenvalue weighted by molar-refractivity contribution is 7.26. The first-order valence-electron chi connectivity index (χ1n) is 20.4. The fraction of sp³-hybridized carbons (Fsp3) is 0.0714. The minimum absolute atomic E-state index is 0.0518. The van der Waals surface area contributed by atoms with Crippen molar-refractivity contribution in [2.24, 2.45) is 0 Å². The second-order valence-electron chi connectivity index (χ2n) is 16.6. The Morgan fingerprint density at radius 1 is 0.373 bits per heavy atom. The molecule has 59 heavy (non-hydrogen) atoms. The van der Waals surface area contributed by atoms with E-state index in [1.165, 1.54) is 81.0 Å². The van der Waals surface area contributed by atoms with Gasteiger partial charge in [0.1, 0.15) is 0 Å². The topological polar surface area (TPSA) is 25.8 Å². The van der Waals surface area contributed by atoms with Crippen LogP contribution in [0.15, 0.2) is 176 Å². The largest absolute Gasteiger partial charge is 0.243 e. The van der Waals surface area contributed by atoms with Gasteiger partial charge in [0.05, 0.1) is 22.4 Å². The van der Waals surface area contributed by atoms with Gasteiger partial charge in [-0.15, -0.1) is 11.3 Å². The second kappa shape index (κ2) is 12.8. The Hall–Kier alpha value is -6.94. The number of hydrogen-bond donors (Lipinski definition) is 0. The molecule has 0 radical (unpaired) electrons. The van der Waals surface area contributed by atoms with E-state index in [9.17, 15) is 0 Å². The van der Waals surface area contributed by atoms with E-state index in [1.54, 1.807) is 0 Å². The monoisotopic (exact) mass is 770 g/mol. The average Bonchev–Trinajstić information content (AvgIpc) is 3.78. The third kappa shape index (κ3) is 5.11. The highest BCUT2D eigenvalue weighted by atomic mass is 32.1. The lowest BCUT2D eigenvalue weighted by Gasteiger charge is -2.22. The summed E-state index contributed by atoms with van der Waals surface area (Å²) in [6, 6.07) is 64.4. The predicted molar refractivity (Wildman–Crippen MR) is 251 cm³/mol. The van der Waals surface area contributed by atoms with Crippen molar-refractivity contribution < 1.29 is 0 Å². The van der Waals surface area contributed by atoms with Crippen LogP contribution in [-0.4, -0.2) is 9.97 Å². The van der Waals surface area contributed by atoms with E-state index in [2.05, 4.69) is 197 Å². The summed E-state index contributed by atoms with van der Waals surface area (Å²) in [5, 5.41) is 7.20. The third-order valence-electron chi connectivity index (χ3n) is 12.7. The summed E-state index contributed by atoms with van der Waals surface area (Å²) in [4.78, 5) is 11.1. The SMILES string of the molecule is Cc1ccc(-c2nc3c4ccccc4c4ccccc4c3nc2-c2cccc(-c3cccc4c3sc3c(-c5ccc6c(c5)C(C)(C)c5ccccc5-6)cccc34)c2)cc1.